The summed E-state index contributed by atoms with van der Waals surface area (Å²) in [6.07, 6.45) is 6.58. The number of amides is 3. The van der Waals surface area contributed by atoms with Crippen LogP contribution in [0.5, 0.6) is 0 Å². The number of anilines is 1. The molecule has 3 N–H and O–H groups in total. The summed E-state index contributed by atoms with van der Waals surface area (Å²) in [6.45, 7) is 11.6. The van der Waals surface area contributed by atoms with Gasteiger partial charge in [-0.15, -0.1) is 6.58 Å². The Kier molecular flexibility index (Phi) is 5.51. The van der Waals surface area contributed by atoms with E-state index in [9.17, 15) is 19.5 Å². The lowest BCUT2D eigenvalue weighted by Crippen LogP contribution is -2.58. The van der Waals surface area contributed by atoms with Crippen LogP contribution in [-0.2, 0) is 25.4 Å². The van der Waals surface area contributed by atoms with Gasteiger partial charge in [-0.3, -0.25) is 19.3 Å². The second-order valence-corrected chi connectivity index (χ2v) is 11.8. The minimum atomic E-state index is -2.01. The smallest absolute Gasteiger partial charge is 0.269 e. The molecule has 3 aliphatic rings. The predicted molar refractivity (Wildman–Crippen MR) is 154 cm³/mol. The van der Waals surface area contributed by atoms with Crippen molar-refractivity contribution in [2.75, 3.05) is 4.90 Å². The molecule has 3 amide bonds. The molecule has 3 aromatic rings. The van der Waals surface area contributed by atoms with Gasteiger partial charge in [-0.05, 0) is 32.1 Å². The Labute approximate surface area is 232 Å². The van der Waals surface area contributed by atoms with E-state index in [0.717, 1.165) is 22.2 Å². The maximum atomic E-state index is 13.9. The number of allylic oxidation sites excluding steroid dienone is 1. The molecule has 0 bridgehead atoms. The Bertz CT molecular complexity index is 1680. The van der Waals surface area contributed by atoms with Crippen molar-refractivity contribution in [1.82, 2.24) is 15.2 Å². The number of aromatic nitrogens is 1. The van der Waals surface area contributed by atoms with E-state index >= 15 is 0 Å². The number of nitrogens with one attached hydrogen (secondary N) is 2. The van der Waals surface area contributed by atoms with E-state index < -0.39 is 40.3 Å². The molecule has 1 saturated heterocycles. The van der Waals surface area contributed by atoms with Gasteiger partial charge in [0.2, 0.25) is 0 Å². The summed E-state index contributed by atoms with van der Waals surface area (Å²) in [5, 5.41) is 15.6. The van der Waals surface area contributed by atoms with Gasteiger partial charge >= 0.3 is 0 Å². The minimum Gasteiger partial charge on any atom is -0.375 e. The van der Waals surface area contributed by atoms with Crippen molar-refractivity contribution in [3.05, 3.63) is 96.0 Å². The zero-order valence-corrected chi connectivity index (χ0v) is 23.0. The summed E-state index contributed by atoms with van der Waals surface area (Å²) in [4.78, 5) is 47.6. The third kappa shape index (κ3) is 3.59. The maximum absolute atomic E-state index is 13.9. The highest BCUT2D eigenvalue weighted by Crippen LogP contribution is 2.47. The number of fused-ring (bicyclic) bond motifs is 5. The maximum Gasteiger partial charge on any atom is 0.269 e. The van der Waals surface area contributed by atoms with E-state index in [4.69, 9.17) is 0 Å². The van der Waals surface area contributed by atoms with E-state index in [2.05, 4.69) is 16.9 Å². The number of nitrogens with zero attached hydrogens (tertiary/aromatic N) is 2. The Balaban J connectivity index is 1.41. The molecule has 8 nitrogen and oxygen atoms in total. The molecule has 0 saturated carbocycles. The molecular weight excluding hydrogens is 504 g/mol. The molecule has 0 unspecified atom stereocenters. The highest BCUT2D eigenvalue weighted by molar-refractivity contribution is 6.11. The molecule has 8 heteroatoms. The van der Waals surface area contributed by atoms with Crippen LogP contribution in [0, 0.1) is 0 Å². The number of carbonyl (C=O) groups is 3. The van der Waals surface area contributed by atoms with Gasteiger partial charge < -0.3 is 20.3 Å². The lowest BCUT2D eigenvalue weighted by atomic mass is 9.84. The number of rotatable bonds is 4. The lowest BCUT2D eigenvalue weighted by molar-refractivity contribution is -0.145. The van der Waals surface area contributed by atoms with Crippen molar-refractivity contribution in [1.29, 1.82) is 0 Å². The second kappa shape index (κ2) is 8.53. The van der Waals surface area contributed by atoms with Crippen LogP contribution in [-0.4, -0.2) is 44.3 Å². The number of piperazine rings is 1. The van der Waals surface area contributed by atoms with Crippen LogP contribution in [0.2, 0.25) is 0 Å². The van der Waals surface area contributed by atoms with E-state index in [-0.39, 0.29) is 12.1 Å². The van der Waals surface area contributed by atoms with E-state index in [0.29, 0.717) is 11.3 Å². The van der Waals surface area contributed by atoms with Crippen LogP contribution >= 0.6 is 0 Å². The van der Waals surface area contributed by atoms with E-state index in [1.165, 1.54) is 9.80 Å². The van der Waals surface area contributed by atoms with Crippen molar-refractivity contribution in [3.63, 3.8) is 0 Å². The highest BCUT2D eigenvalue weighted by Gasteiger charge is 2.55. The standard InChI is InChI=1S/C32H32N4O4/c1-6-31(4,5)36-24-14-10-8-12-21(24)32(40,29(36)39)18-23-28(38)35-16-15-30(2,3)26-20(17-25(35)27(37)34-23)19-11-7-9-13-22(19)33-26/h6-17,23,33,40H,1,18H2,2-5H3,(H,34,37)/b16-15-,25-17-/t23-,32-/m0/s1. The lowest BCUT2D eigenvalue weighted by Gasteiger charge is -2.37. The molecule has 4 heterocycles. The fourth-order valence-corrected chi connectivity index (χ4v) is 6.00. The summed E-state index contributed by atoms with van der Waals surface area (Å²) in [5.74, 6) is -1.45. The number of para-hydroxylation sites is 2. The van der Waals surface area contributed by atoms with E-state index in [1.54, 1.807) is 42.6 Å². The zero-order valence-electron chi connectivity index (χ0n) is 23.0. The number of aromatic amines is 1. The van der Waals surface area contributed by atoms with Gasteiger partial charge in [-0.2, -0.15) is 0 Å². The number of aliphatic hydroxyl groups is 1. The number of H-pyrrole nitrogens is 1. The van der Waals surface area contributed by atoms with Crippen LogP contribution in [0.1, 0.15) is 50.9 Å². The molecule has 6 rings (SSSR count). The normalized spacial score (nSPS) is 25.8. The third-order valence-electron chi connectivity index (χ3n) is 8.37. The number of hydrogen-bond donors (Lipinski definition) is 3. The topological polar surface area (TPSA) is 106 Å². The molecule has 0 radical (unpaired) electrons. The van der Waals surface area contributed by atoms with Gasteiger partial charge in [0.25, 0.3) is 17.7 Å². The van der Waals surface area contributed by atoms with Gasteiger partial charge in [0, 0.05) is 45.8 Å². The van der Waals surface area contributed by atoms with Crippen molar-refractivity contribution < 1.29 is 19.5 Å². The molecule has 1 fully saturated rings. The summed E-state index contributed by atoms with van der Waals surface area (Å²) in [6, 6.07) is 13.7. The Morgan fingerprint density at radius 1 is 1.07 bits per heavy atom. The number of benzene rings is 2. The average molecular weight is 537 g/mol. The molecule has 1 aromatic heterocycles. The van der Waals surface area contributed by atoms with Crippen LogP contribution in [0.4, 0.5) is 5.69 Å². The number of hydrogen-bond acceptors (Lipinski definition) is 4. The SMILES string of the molecule is C=CC(C)(C)N1C(=O)[C@](O)(C[C@@H]2NC(=O)/C3=C/c4c([nH]c5ccccc45)C(C)(C)/C=C\N3C2=O)c2ccccc21. The largest absolute Gasteiger partial charge is 0.375 e. The first-order valence-corrected chi connectivity index (χ1v) is 13.4. The van der Waals surface area contributed by atoms with Gasteiger partial charge in [-0.25, -0.2) is 0 Å². The van der Waals surface area contributed by atoms with Crippen LogP contribution in [0.25, 0.3) is 17.0 Å². The predicted octanol–water partition coefficient (Wildman–Crippen LogP) is 4.23. The summed E-state index contributed by atoms with van der Waals surface area (Å²) in [7, 11) is 0. The monoisotopic (exact) mass is 536 g/mol. The zero-order chi connectivity index (χ0) is 28.6. The fraction of sp³-hybridized carbons (Fsp3) is 0.281. The van der Waals surface area contributed by atoms with Gasteiger partial charge in [0.15, 0.2) is 5.60 Å². The molecule has 204 valence electrons. The van der Waals surface area contributed by atoms with Gasteiger partial charge in [-0.1, -0.05) is 62.4 Å². The molecule has 0 aliphatic carbocycles. The van der Waals surface area contributed by atoms with Crippen LogP contribution in [0.15, 0.2) is 79.2 Å². The minimum absolute atomic E-state index is 0.179. The first kappa shape index (κ1) is 25.8. The highest BCUT2D eigenvalue weighted by atomic mass is 16.3. The molecular formula is C32H32N4O4. The van der Waals surface area contributed by atoms with Gasteiger partial charge in [0.1, 0.15) is 11.7 Å². The molecule has 0 spiro atoms. The first-order valence-electron chi connectivity index (χ1n) is 13.4. The molecule has 40 heavy (non-hydrogen) atoms. The van der Waals surface area contributed by atoms with Crippen molar-refractivity contribution >= 4 is 40.4 Å². The summed E-state index contributed by atoms with van der Waals surface area (Å²) in [5.41, 5.74) is 0.560. The Morgan fingerprint density at radius 2 is 1.77 bits per heavy atom. The van der Waals surface area contributed by atoms with Crippen molar-refractivity contribution in [2.24, 2.45) is 0 Å². The van der Waals surface area contributed by atoms with Crippen LogP contribution in [0.3, 0.4) is 0 Å². The van der Waals surface area contributed by atoms with E-state index in [1.807, 2.05) is 58.0 Å². The summed E-state index contributed by atoms with van der Waals surface area (Å²) < 4.78 is 0. The third-order valence-corrected chi connectivity index (χ3v) is 8.37. The van der Waals surface area contributed by atoms with Crippen molar-refractivity contribution in [3.8, 4) is 0 Å². The molecule has 2 aromatic carbocycles. The molecule has 2 atom stereocenters. The summed E-state index contributed by atoms with van der Waals surface area (Å²) >= 11 is 0. The average Bonchev–Trinajstić information content (AvgIpc) is 3.39. The first-order chi connectivity index (χ1) is 18.9. The fourth-order valence-electron chi connectivity index (χ4n) is 6.00. The molecule has 3 aliphatic heterocycles. The van der Waals surface area contributed by atoms with Crippen LogP contribution < -0.4 is 10.2 Å². The Hall–Kier alpha value is -4.43. The van der Waals surface area contributed by atoms with Gasteiger partial charge in [0.05, 0.1) is 11.2 Å². The Morgan fingerprint density at radius 3 is 2.52 bits per heavy atom. The van der Waals surface area contributed by atoms with Crippen molar-refractivity contribution in [2.45, 2.75) is 56.7 Å². The quantitative estimate of drug-likeness (QED) is 0.434. The number of carbonyl (C=O) groups excluding carboxylic acids is 3. The second-order valence-electron chi connectivity index (χ2n) is 11.8.